The minimum Gasteiger partial charge on any atom is -0.311 e. The average Bonchev–Trinajstić information content (AvgIpc) is 2.18. The highest BCUT2D eigenvalue weighted by molar-refractivity contribution is 4.91. The zero-order valence-electron chi connectivity index (χ0n) is 9.05. The summed E-state index contributed by atoms with van der Waals surface area (Å²) in [5.74, 6) is 1.97. The third kappa shape index (κ3) is 1.90. The van der Waals surface area contributed by atoms with Crippen molar-refractivity contribution >= 4 is 0 Å². The van der Waals surface area contributed by atoms with E-state index in [4.69, 9.17) is 0 Å². The number of hydrogen-bond donors (Lipinski definition) is 1. The van der Waals surface area contributed by atoms with E-state index in [1.54, 1.807) is 0 Å². The van der Waals surface area contributed by atoms with Crippen molar-refractivity contribution in [1.29, 1.82) is 0 Å². The quantitative estimate of drug-likeness (QED) is 0.656. The van der Waals surface area contributed by atoms with Gasteiger partial charge in [0.2, 0.25) is 0 Å². The second kappa shape index (κ2) is 4.00. The lowest BCUT2D eigenvalue weighted by Crippen LogP contribution is -2.50. The summed E-state index contributed by atoms with van der Waals surface area (Å²) < 4.78 is 0. The number of rotatable bonds is 1. The fourth-order valence-electron chi connectivity index (χ4n) is 3.28. The first kappa shape index (κ1) is 9.51. The zero-order chi connectivity index (χ0) is 9.26. The molecule has 1 aliphatic heterocycles. The molecule has 1 saturated heterocycles. The Kier molecular flexibility index (Phi) is 2.92. The molecule has 0 aromatic carbocycles. The summed E-state index contributed by atoms with van der Waals surface area (Å²) in [6.45, 7) is 4.76. The van der Waals surface area contributed by atoms with Crippen molar-refractivity contribution in [3.63, 3.8) is 0 Å². The number of fused-ring (bicyclic) bond motifs is 1. The van der Waals surface area contributed by atoms with Gasteiger partial charge >= 0.3 is 0 Å². The van der Waals surface area contributed by atoms with Crippen LogP contribution in [0.25, 0.3) is 0 Å². The zero-order valence-corrected chi connectivity index (χ0v) is 9.05. The van der Waals surface area contributed by atoms with Gasteiger partial charge in [-0.25, -0.2) is 0 Å². The Morgan fingerprint density at radius 1 is 1.15 bits per heavy atom. The van der Waals surface area contributed by atoms with Crippen molar-refractivity contribution in [1.82, 2.24) is 5.32 Å². The van der Waals surface area contributed by atoms with E-state index in [-0.39, 0.29) is 0 Å². The summed E-state index contributed by atoms with van der Waals surface area (Å²) in [4.78, 5) is 0. The summed E-state index contributed by atoms with van der Waals surface area (Å²) in [6, 6.07) is 1.69. The maximum absolute atomic E-state index is 3.84. The van der Waals surface area contributed by atoms with Crippen molar-refractivity contribution in [2.75, 3.05) is 0 Å². The van der Waals surface area contributed by atoms with Crippen molar-refractivity contribution in [3.8, 4) is 0 Å². The summed E-state index contributed by atoms with van der Waals surface area (Å²) in [6.07, 6.45) is 8.58. The minimum absolute atomic E-state index is 0.826. The number of hydrogen-bond acceptors (Lipinski definition) is 1. The molecular formula is C12H23N. The van der Waals surface area contributed by atoms with E-state index in [9.17, 15) is 0 Å². The summed E-state index contributed by atoms with van der Waals surface area (Å²) in [7, 11) is 0. The lowest BCUT2D eigenvalue weighted by atomic mass is 9.71. The Hall–Kier alpha value is -0.0400. The van der Waals surface area contributed by atoms with E-state index in [0.29, 0.717) is 0 Å². The lowest BCUT2D eigenvalue weighted by Gasteiger charge is -2.43. The summed E-state index contributed by atoms with van der Waals surface area (Å²) >= 11 is 0. The molecule has 0 amide bonds. The third-order valence-electron chi connectivity index (χ3n) is 4.21. The van der Waals surface area contributed by atoms with Crippen molar-refractivity contribution < 1.29 is 0 Å². The molecule has 1 heterocycles. The molecule has 1 aliphatic carbocycles. The van der Waals surface area contributed by atoms with Crippen LogP contribution in [0.5, 0.6) is 0 Å². The van der Waals surface area contributed by atoms with Crippen molar-refractivity contribution in [3.05, 3.63) is 0 Å². The van der Waals surface area contributed by atoms with Crippen LogP contribution in [0.4, 0.5) is 0 Å². The highest BCUT2D eigenvalue weighted by atomic mass is 15.0. The fourth-order valence-corrected chi connectivity index (χ4v) is 3.28. The van der Waals surface area contributed by atoms with Crippen LogP contribution < -0.4 is 5.32 Å². The Morgan fingerprint density at radius 3 is 2.77 bits per heavy atom. The summed E-state index contributed by atoms with van der Waals surface area (Å²) in [5, 5.41) is 3.84. The maximum atomic E-state index is 3.84. The molecule has 2 aliphatic rings. The molecular weight excluding hydrogens is 158 g/mol. The van der Waals surface area contributed by atoms with Crippen LogP contribution in [-0.2, 0) is 0 Å². The molecule has 13 heavy (non-hydrogen) atoms. The maximum Gasteiger partial charge on any atom is 0.0100 e. The highest BCUT2D eigenvalue weighted by Crippen LogP contribution is 2.36. The molecule has 0 aromatic heterocycles. The van der Waals surface area contributed by atoms with Crippen LogP contribution in [0.3, 0.4) is 0 Å². The molecule has 0 aromatic rings. The van der Waals surface area contributed by atoms with E-state index in [1.807, 2.05) is 0 Å². The molecule has 76 valence electrons. The molecule has 4 atom stereocenters. The Balaban J connectivity index is 1.95. The van der Waals surface area contributed by atoms with Gasteiger partial charge in [-0.05, 0) is 37.5 Å². The molecule has 0 unspecified atom stereocenters. The van der Waals surface area contributed by atoms with Crippen molar-refractivity contribution in [2.24, 2.45) is 11.8 Å². The Labute approximate surface area is 82.3 Å². The summed E-state index contributed by atoms with van der Waals surface area (Å²) in [5.41, 5.74) is 0. The van der Waals surface area contributed by atoms with Crippen LogP contribution in [-0.4, -0.2) is 12.1 Å². The van der Waals surface area contributed by atoms with Gasteiger partial charge in [0.15, 0.2) is 0 Å². The predicted molar refractivity (Wildman–Crippen MR) is 56.7 cm³/mol. The second-order valence-corrected chi connectivity index (χ2v) is 5.03. The van der Waals surface area contributed by atoms with Gasteiger partial charge in [-0.15, -0.1) is 0 Å². The first-order valence-corrected chi connectivity index (χ1v) is 6.07. The van der Waals surface area contributed by atoms with Crippen LogP contribution in [0.15, 0.2) is 0 Å². The van der Waals surface area contributed by atoms with Gasteiger partial charge in [-0.2, -0.15) is 0 Å². The van der Waals surface area contributed by atoms with Crippen LogP contribution in [0.2, 0.25) is 0 Å². The van der Waals surface area contributed by atoms with Gasteiger partial charge < -0.3 is 5.32 Å². The fraction of sp³-hybridized carbons (Fsp3) is 1.00. The smallest absolute Gasteiger partial charge is 0.0100 e. The van der Waals surface area contributed by atoms with Crippen LogP contribution in [0.1, 0.15) is 52.4 Å². The van der Waals surface area contributed by atoms with E-state index in [0.717, 1.165) is 23.9 Å². The third-order valence-corrected chi connectivity index (χ3v) is 4.21. The standard InChI is InChI=1S/C12H23N/c1-3-10-7-8-11-9(2)5-4-6-12(11)13-10/h9-13H,3-8H2,1-2H3/t9-,10+,11+,12-/m1/s1. The molecule has 2 rings (SSSR count). The number of nitrogens with one attached hydrogen (secondary N) is 1. The Bertz CT molecular complexity index is 167. The Morgan fingerprint density at radius 2 is 2.00 bits per heavy atom. The van der Waals surface area contributed by atoms with E-state index in [2.05, 4.69) is 19.2 Å². The normalized spacial score (nSPS) is 45.7. The van der Waals surface area contributed by atoms with Crippen molar-refractivity contribution in [2.45, 2.75) is 64.5 Å². The molecule has 1 heteroatoms. The van der Waals surface area contributed by atoms with Gasteiger partial charge in [-0.1, -0.05) is 26.7 Å². The van der Waals surface area contributed by atoms with E-state index < -0.39 is 0 Å². The molecule has 1 N–H and O–H groups in total. The predicted octanol–water partition coefficient (Wildman–Crippen LogP) is 2.95. The SMILES string of the molecule is CC[C@H]1CC[C@H]2[C@H](C)CCC[C@H]2N1. The average molecular weight is 181 g/mol. The first-order chi connectivity index (χ1) is 6.31. The molecule has 1 nitrogen and oxygen atoms in total. The second-order valence-electron chi connectivity index (χ2n) is 5.03. The van der Waals surface area contributed by atoms with Gasteiger partial charge in [-0.3, -0.25) is 0 Å². The van der Waals surface area contributed by atoms with Gasteiger partial charge in [0.05, 0.1) is 0 Å². The topological polar surface area (TPSA) is 12.0 Å². The van der Waals surface area contributed by atoms with E-state index in [1.165, 1.54) is 38.5 Å². The molecule has 0 bridgehead atoms. The molecule has 0 radical (unpaired) electrons. The van der Waals surface area contributed by atoms with E-state index >= 15 is 0 Å². The highest BCUT2D eigenvalue weighted by Gasteiger charge is 2.34. The molecule has 2 fully saturated rings. The van der Waals surface area contributed by atoms with Crippen LogP contribution >= 0.6 is 0 Å². The minimum atomic E-state index is 0.826. The largest absolute Gasteiger partial charge is 0.311 e. The molecule has 0 spiro atoms. The first-order valence-electron chi connectivity index (χ1n) is 6.07. The van der Waals surface area contributed by atoms with Crippen LogP contribution in [0, 0.1) is 11.8 Å². The van der Waals surface area contributed by atoms with Gasteiger partial charge in [0, 0.05) is 12.1 Å². The number of piperidine rings is 1. The monoisotopic (exact) mass is 181 g/mol. The lowest BCUT2D eigenvalue weighted by molar-refractivity contribution is 0.124. The van der Waals surface area contributed by atoms with Gasteiger partial charge in [0.1, 0.15) is 0 Å². The van der Waals surface area contributed by atoms with Gasteiger partial charge in [0.25, 0.3) is 0 Å². The molecule has 1 saturated carbocycles.